The maximum Gasteiger partial charge on any atom is 0.254 e. The summed E-state index contributed by atoms with van der Waals surface area (Å²) in [6, 6.07) is 1.53. The molecule has 0 aliphatic carbocycles. The van der Waals surface area contributed by atoms with Gasteiger partial charge in [0.25, 0.3) is 5.56 Å². The average Bonchev–Trinajstić information content (AvgIpc) is 2.56. The number of likely N-dealkylation sites (tertiary alicyclic amines) is 1. The Morgan fingerprint density at radius 1 is 1.33 bits per heavy atom. The quantitative estimate of drug-likeness (QED) is 0.437. The van der Waals surface area contributed by atoms with Crippen molar-refractivity contribution in [2.45, 2.75) is 44.2 Å². The average molecular weight is 353 g/mol. The number of thioether (sulfide) groups is 1. The summed E-state index contributed by atoms with van der Waals surface area (Å²) < 4.78 is 1.55. The molecule has 0 spiro atoms. The van der Waals surface area contributed by atoms with E-state index in [2.05, 4.69) is 15.2 Å². The fraction of sp³-hybridized carbons (Fsp3) is 0.706. The van der Waals surface area contributed by atoms with Crippen molar-refractivity contribution in [2.75, 3.05) is 31.9 Å². The van der Waals surface area contributed by atoms with E-state index in [-0.39, 0.29) is 11.5 Å². The number of nitrogens with one attached hydrogen (secondary N) is 1. The van der Waals surface area contributed by atoms with Crippen molar-refractivity contribution in [1.82, 2.24) is 19.8 Å². The van der Waals surface area contributed by atoms with Crippen LogP contribution in [-0.4, -0.2) is 52.3 Å². The van der Waals surface area contributed by atoms with Crippen LogP contribution in [0.25, 0.3) is 0 Å². The topological polar surface area (TPSA) is 67.2 Å². The Balaban J connectivity index is 1.60. The fourth-order valence-electron chi connectivity index (χ4n) is 2.78. The van der Waals surface area contributed by atoms with E-state index in [1.165, 1.54) is 37.1 Å². The summed E-state index contributed by atoms with van der Waals surface area (Å²) in [5, 5.41) is 3.71. The van der Waals surface area contributed by atoms with Crippen LogP contribution in [0.15, 0.2) is 16.0 Å². The van der Waals surface area contributed by atoms with Gasteiger partial charge in [0.15, 0.2) is 5.16 Å². The van der Waals surface area contributed by atoms with Crippen LogP contribution in [0.3, 0.4) is 0 Å². The zero-order valence-corrected chi connectivity index (χ0v) is 15.5. The molecule has 0 unspecified atom stereocenters. The molecule has 1 aliphatic rings. The number of aromatic nitrogens is 2. The molecule has 2 rings (SSSR count). The van der Waals surface area contributed by atoms with E-state index in [4.69, 9.17) is 0 Å². The second kappa shape index (κ2) is 9.84. The molecular formula is C17H28N4O2S. The first kappa shape index (κ1) is 19.0. The predicted octanol–water partition coefficient (Wildman–Crippen LogP) is 1.56. The second-order valence-electron chi connectivity index (χ2n) is 6.28. The molecule has 1 aromatic rings. The van der Waals surface area contributed by atoms with E-state index in [9.17, 15) is 9.59 Å². The van der Waals surface area contributed by atoms with E-state index in [0.717, 1.165) is 44.0 Å². The molecule has 24 heavy (non-hydrogen) atoms. The van der Waals surface area contributed by atoms with Crippen molar-refractivity contribution < 1.29 is 4.79 Å². The molecular weight excluding hydrogens is 324 g/mol. The largest absolute Gasteiger partial charge is 0.355 e. The van der Waals surface area contributed by atoms with E-state index < -0.39 is 0 Å². The van der Waals surface area contributed by atoms with E-state index in [1.54, 1.807) is 11.6 Å². The Hall–Kier alpha value is -1.34. The summed E-state index contributed by atoms with van der Waals surface area (Å²) in [7, 11) is 1.73. The lowest BCUT2D eigenvalue weighted by molar-refractivity contribution is -0.121. The first-order valence-corrected chi connectivity index (χ1v) is 9.71. The first-order valence-electron chi connectivity index (χ1n) is 8.73. The number of hydrogen-bond acceptors (Lipinski definition) is 5. The van der Waals surface area contributed by atoms with Gasteiger partial charge in [-0.15, -0.1) is 0 Å². The Kier molecular flexibility index (Phi) is 7.78. The number of rotatable bonds is 8. The zero-order chi connectivity index (χ0) is 17.4. The third-order valence-electron chi connectivity index (χ3n) is 4.20. The Morgan fingerprint density at radius 2 is 2.08 bits per heavy atom. The van der Waals surface area contributed by atoms with Gasteiger partial charge < -0.3 is 10.2 Å². The van der Waals surface area contributed by atoms with Crippen LogP contribution < -0.4 is 10.9 Å². The first-order chi connectivity index (χ1) is 11.6. The highest BCUT2D eigenvalue weighted by atomic mass is 32.2. The van der Waals surface area contributed by atoms with Gasteiger partial charge in [-0.1, -0.05) is 18.2 Å². The molecule has 1 aliphatic heterocycles. The van der Waals surface area contributed by atoms with Gasteiger partial charge in [-0.25, -0.2) is 4.98 Å². The molecule has 0 saturated carbocycles. The molecule has 0 bridgehead atoms. The Labute approximate surface area is 148 Å². The SMILES string of the molecule is Cc1cc(=O)n(C)c(SCCCC(=O)NCCN2CCCCC2)n1. The standard InChI is InChI=1S/C17H28N4O2S/c1-14-13-16(23)20(2)17(19-14)24-12-6-7-15(22)18-8-11-21-9-4-3-5-10-21/h13H,3-12H2,1-2H3,(H,18,22). The van der Waals surface area contributed by atoms with Crippen molar-refractivity contribution in [3.8, 4) is 0 Å². The molecule has 2 heterocycles. The summed E-state index contributed by atoms with van der Waals surface area (Å²) in [6.07, 6.45) is 5.19. The molecule has 7 heteroatoms. The number of amides is 1. The maximum absolute atomic E-state index is 11.9. The monoisotopic (exact) mass is 352 g/mol. The van der Waals surface area contributed by atoms with Crippen molar-refractivity contribution in [1.29, 1.82) is 0 Å². The van der Waals surface area contributed by atoms with Gasteiger partial charge in [-0.2, -0.15) is 0 Å². The highest BCUT2D eigenvalue weighted by Crippen LogP contribution is 2.15. The van der Waals surface area contributed by atoms with Crippen molar-refractivity contribution in [2.24, 2.45) is 7.05 Å². The Morgan fingerprint density at radius 3 is 2.83 bits per heavy atom. The number of carbonyl (C=O) groups excluding carboxylic acids is 1. The van der Waals surface area contributed by atoms with E-state index >= 15 is 0 Å². The van der Waals surface area contributed by atoms with Gasteiger partial charge in [0.05, 0.1) is 0 Å². The van der Waals surface area contributed by atoms with Crippen molar-refractivity contribution in [3.05, 3.63) is 22.1 Å². The number of piperidine rings is 1. The van der Waals surface area contributed by atoms with Crippen LogP contribution in [0, 0.1) is 6.92 Å². The van der Waals surface area contributed by atoms with Gasteiger partial charge in [0.1, 0.15) is 0 Å². The van der Waals surface area contributed by atoms with Crippen LogP contribution in [0.2, 0.25) is 0 Å². The van der Waals surface area contributed by atoms with Gasteiger partial charge >= 0.3 is 0 Å². The van der Waals surface area contributed by atoms with Crippen LogP contribution in [0.5, 0.6) is 0 Å². The minimum Gasteiger partial charge on any atom is -0.355 e. The molecule has 0 aromatic carbocycles. The summed E-state index contributed by atoms with van der Waals surface area (Å²) in [6.45, 7) is 5.83. The van der Waals surface area contributed by atoms with Crippen LogP contribution in [0.1, 0.15) is 37.8 Å². The third kappa shape index (κ3) is 6.28. The van der Waals surface area contributed by atoms with Crippen LogP contribution in [0.4, 0.5) is 0 Å². The summed E-state index contributed by atoms with van der Waals surface area (Å²) >= 11 is 1.53. The molecule has 1 fully saturated rings. The molecule has 134 valence electrons. The number of hydrogen-bond donors (Lipinski definition) is 1. The van der Waals surface area contributed by atoms with Crippen molar-refractivity contribution in [3.63, 3.8) is 0 Å². The summed E-state index contributed by atoms with van der Waals surface area (Å²) in [5.41, 5.74) is 0.691. The molecule has 1 saturated heterocycles. The normalized spacial score (nSPS) is 15.4. The fourth-order valence-corrected chi connectivity index (χ4v) is 3.74. The number of carbonyl (C=O) groups is 1. The second-order valence-corrected chi connectivity index (χ2v) is 7.34. The molecule has 0 atom stereocenters. The van der Waals surface area contributed by atoms with Crippen LogP contribution >= 0.6 is 11.8 Å². The minimum absolute atomic E-state index is 0.0412. The Bertz CT molecular complexity index is 597. The van der Waals surface area contributed by atoms with Crippen molar-refractivity contribution >= 4 is 17.7 Å². The minimum atomic E-state index is -0.0412. The number of nitrogens with zero attached hydrogens (tertiary/aromatic N) is 3. The molecule has 1 amide bonds. The van der Waals surface area contributed by atoms with Crippen LogP contribution in [-0.2, 0) is 11.8 Å². The lowest BCUT2D eigenvalue weighted by atomic mass is 10.1. The van der Waals surface area contributed by atoms with Gasteiger partial charge in [-0.3, -0.25) is 14.2 Å². The zero-order valence-electron chi connectivity index (χ0n) is 14.7. The van der Waals surface area contributed by atoms with Gasteiger partial charge in [-0.05, 0) is 39.3 Å². The van der Waals surface area contributed by atoms with E-state index in [0.29, 0.717) is 11.6 Å². The molecule has 0 radical (unpaired) electrons. The highest BCUT2D eigenvalue weighted by Gasteiger charge is 2.10. The van der Waals surface area contributed by atoms with Gasteiger partial charge in [0.2, 0.25) is 5.91 Å². The molecule has 6 nitrogen and oxygen atoms in total. The lowest BCUT2D eigenvalue weighted by Gasteiger charge is -2.26. The molecule has 1 aromatic heterocycles. The van der Waals surface area contributed by atoms with E-state index in [1.807, 2.05) is 6.92 Å². The molecule has 1 N–H and O–H groups in total. The summed E-state index contributed by atoms with van der Waals surface area (Å²) in [4.78, 5) is 30.3. The summed E-state index contributed by atoms with van der Waals surface area (Å²) in [5.74, 6) is 0.891. The highest BCUT2D eigenvalue weighted by molar-refractivity contribution is 7.99. The third-order valence-corrected chi connectivity index (χ3v) is 5.32. The lowest BCUT2D eigenvalue weighted by Crippen LogP contribution is -2.37. The maximum atomic E-state index is 11.9. The van der Waals surface area contributed by atoms with Gasteiger partial charge in [0, 0.05) is 44.1 Å². The smallest absolute Gasteiger partial charge is 0.254 e. The number of aryl methyl sites for hydroxylation is 1. The predicted molar refractivity (Wildman–Crippen MR) is 97.5 cm³/mol.